The smallest absolute Gasteiger partial charge is 0.248 e. The van der Waals surface area contributed by atoms with Gasteiger partial charge in [-0.05, 0) is 27.7 Å². The summed E-state index contributed by atoms with van der Waals surface area (Å²) in [4.78, 5) is 13.7. The molecule has 5 heteroatoms. The second kappa shape index (κ2) is 5.80. The molecule has 1 amide bonds. The van der Waals surface area contributed by atoms with E-state index in [0.717, 1.165) is 0 Å². The quantitative estimate of drug-likeness (QED) is 0.779. The summed E-state index contributed by atoms with van der Waals surface area (Å²) in [5.74, 6) is 0.00789. The number of nitrogens with two attached hydrogens (primary N) is 1. The maximum Gasteiger partial charge on any atom is 0.248 e. The fourth-order valence-electron chi connectivity index (χ4n) is 1.75. The van der Waals surface area contributed by atoms with Gasteiger partial charge in [-0.15, -0.1) is 0 Å². The van der Waals surface area contributed by atoms with Gasteiger partial charge in [0.1, 0.15) is 6.61 Å². The van der Waals surface area contributed by atoms with Gasteiger partial charge in [0.2, 0.25) is 5.91 Å². The van der Waals surface area contributed by atoms with Crippen LogP contribution < -0.4 is 5.73 Å². The Morgan fingerprint density at radius 1 is 1.47 bits per heavy atom. The lowest BCUT2D eigenvalue weighted by atomic mass is 10.2. The molecule has 17 heavy (non-hydrogen) atoms. The zero-order valence-electron chi connectivity index (χ0n) is 11.2. The first-order chi connectivity index (χ1) is 7.81. The van der Waals surface area contributed by atoms with Crippen LogP contribution in [-0.2, 0) is 14.3 Å². The highest BCUT2D eigenvalue weighted by Gasteiger charge is 2.28. The molecule has 0 aromatic rings. The maximum atomic E-state index is 12.0. The summed E-state index contributed by atoms with van der Waals surface area (Å²) in [6, 6.07) is 0. The molecule has 1 fully saturated rings. The van der Waals surface area contributed by atoms with E-state index in [9.17, 15) is 4.79 Å². The highest BCUT2D eigenvalue weighted by Crippen LogP contribution is 2.12. The monoisotopic (exact) mass is 244 g/mol. The van der Waals surface area contributed by atoms with E-state index < -0.39 is 0 Å². The van der Waals surface area contributed by atoms with Crippen molar-refractivity contribution in [1.29, 1.82) is 0 Å². The summed E-state index contributed by atoms with van der Waals surface area (Å²) < 4.78 is 11.1. The van der Waals surface area contributed by atoms with Crippen LogP contribution in [0.15, 0.2) is 0 Å². The second-order valence-corrected chi connectivity index (χ2v) is 5.50. The Kier molecular flexibility index (Phi) is 4.91. The van der Waals surface area contributed by atoms with Gasteiger partial charge in [0, 0.05) is 19.6 Å². The summed E-state index contributed by atoms with van der Waals surface area (Å²) in [7, 11) is 0. The molecule has 0 aliphatic carbocycles. The minimum Gasteiger partial charge on any atom is -0.370 e. The van der Waals surface area contributed by atoms with Gasteiger partial charge in [-0.2, -0.15) is 0 Å². The van der Waals surface area contributed by atoms with E-state index in [0.29, 0.717) is 19.6 Å². The van der Waals surface area contributed by atoms with E-state index in [-0.39, 0.29) is 30.3 Å². The molecule has 0 radical (unpaired) electrons. The maximum absolute atomic E-state index is 12.0. The molecule has 2 atom stereocenters. The topological polar surface area (TPSA) is 64.8 Å². The second-order valence-electron chi connectivity index (χ2n) is 5.50. The summed E-state index contributed by atoms with van der Waals surface area (Å²) in [5.41, 5.74) is 5.29. The highest BCUT2D eigenvalue weighted by atomic mass is 16.5. The Morgan fingerprint density at radius 3 is 2.65 bits per heavy atom. The lowest BCUT2D eigenvalue weighted by Gasteiger charge is -2.36. The van der Waals surface area contributed by atoms with Crippen LogP contribution in [-0.4, -0.2) is 54.9 Å². The molecular weight excluding hydrogens is 220 g/mol. The normalized spacial score (nSPS) is 26.1. The number of carbonyl (C=O) groups excluding carboxylic acids is 1. The van der Waals surface area contributed by atoms with Crippen LogP contribution in [0.25, 0.3) is 0 Å². The predicted octanol–water partition coefficient (Wildman–Crippen LogP) is 0.376. The van der Waals surface area contributed by atoms with Crippen molar-refractivity contribution < 1.29 is 14.3 Å². The number of nitrogens with zero attached hydrogens (tertiary/aromatic N) is 1. The third-order valence-corrected chi connectivity index (χ3v) is 2.57. The Morgan fingerprint density at radius 2 is 2.12 bits per heavy atom. The first kappa shape index (κ1) is 14.4. The zero-order valence-corrected chi connectivity index (χ0v) is 11.2. The van der Waals surface area contributed by atoms with Crippen molar-refractivity contribution in [3.8, 4) is 0 Å². The van der Waals surface area contributed by atoms with Crippen LogP contribution in [0.4, 0.5) is 0 Å². The van der Waals surface area contributed by atoms with Crippen LogP contribution in [0.1, 0.15) is 27.7 Å². The van der Waals surface area contributed by atoms with Gasteiger partial charge in [-0.1, -0.05) is 0 Å². The fourth-order valence-corrected chi connectivity index (χ4v) is 1.75. The Hall–Kier alpha value is -0.650. The van der Waals surface area contributed by atoms with Crippen molar-refractivity contribution >= 4 is 5.91 Å². The number of rotatable bonds is 3. The molecule has 0 aromatic heterocycles. The Balaban J connectivity index is 2.45. The number of ether oxygens (including phenoxy) is 2. The molecule has 2 N–H and O–H groups in total. The minimum absolute atomic E-state index is 0.00789. The van der Waals surface area contributed by atoms with Crippen molar-refractivity contribution in [2.45, 2.75) is 45.5 Å². The lowest BCUT2D eigenvalue weighted by Crippen LogP contribution is -2.52. The first-order valence-corrected chi connectivity index (χ1v) is 6.09. The first-order valence-electron chi connectivity index (χ1n) is 6.09. The number of amides is 1. The van der Waals surface area contributed by atoms with Gasteiger partial charge in [-0.3, -0.25) is 4.79 Å². The minimum atomic E-state index is -0.291. The van der Waals surface area contributed by atoms with E-state index in [2.05, 4.69) is 0 Å². The van der Waals surface area contributed by atoms with Crippen LogP contribution in [0.2, 0.25) is 0 Å². The van der Waals surface area contributed by atoms with Gasteiger partial charge in [-0.25, -0.2) is 0 Å². The van der Waals surface area contributed by atoms with E-state index in [1.54, 1.807) is 4.90 Å². The van der Waals surface area contributed by atoms with Crippen molar-refractivity contribution in [3.63, 3.8) is 0 Å². The van der Waals surface area contributed by atoms with E-state index >= 15 is 0 Å². The van der Waals surface area contributed by atoms with Crippen molar-refractivity contribution in [1.82, 2.24) is 4.90 Å². The van der Waals surface area contributed by atoms with Crippen molar-refractivity contribution in [3.05, 3.63) is 0 Å². The molecule has 0 saturated carbocycles. The molecule has 0 bridgehead atoms. The predicted molar refractivity (Wildman–Crippen MR) is 65.7 cm³/mol. The van der Waals surface area contributed by atoms with Crippen molar-refractivity contribution in [2.24, 2.45) is 5.73 Å². The standard InChI is InChI=1S/C12H24N2O3/c1-9-6-14(7-10(5-13)17-9)11(15)8-16-12(2,3)4/h9-10H,5-8,13H2,1-4H3. The molecule has 1 rings (SSSR count). The lowest BCUT2D eigenvalue weighted by molar-refractivity contribution is -0.152. The summed E-state index contributed by atoms with van der Waals surface area (Å²) in [6.45, 7) is 9.49. The molecule has 100 valence electrons. The van der Waals surface area contributed by atoms with Gasteiger partial charge in [0.05, 0.1) is 17.8 Å². The van der Waals surface area contributed by atoms with Crippen LogP contribution in [0.5, 0.6) is 0 Å². The molecule has 5 nitrogen and oxygen atoms in total. The SMILES string of the molecule is CC1CN(C(=O)COC(C)(C)C)CC(CN)O1. The molecule has 0 spiro atoms. The van der Waals surface area contributed by atoms with Gasteiger partial charge < -0.3 is 20.1 Å². The fraction of sp³-hybridized carbons (Fsp3) is 0.917. The third kappa shape index (κ3) is 5.02. The third-order valence-electron chi connectivity index (χ3n) is 2.57. The van der Waals surface area contributed by atoms with Crippen molar-refractivity contribution in [2.75, 3.05) is 26.2 Å². The Labute approximate surface area is 103 Å². The molecule has 1 heterocycles. The molecular formula is C12H24N2O3. The summed E-state index contributed by atoms with van der Waals surface area (Å²) in [5, 5.41) is 0. The average Bonchev–Trinajstić information content (AvgIpc) is 2.23. The Bertz CT molecular complexity index is 263. The molecule has 0 aromatic carbocycles. The molecule has 1 saturated heterocycles. The van der Waals surface area contributed by atoms with Crippen LogP contribution in [0, 0.1) is 0 Å². The van der Waals surface area contributed by atoms with Gasteiger partial charge >= 0.3 is 0 Å². The summed E-state index contributed by atoms with van der Waals surface area (Å²) in [6.07, 6.45) is -0.0202. The number of carbonyl (C=O) groups is 1. The average molecular weight is 244 g/mol. The number of morpholine rings is 1. The van der Waals surface area contributed by atoms with E-state index in [1.165, 1.54) is 0 Å². The highest BCUT2D eigenvalue weighted by molar-refractivity contribution is 5.77. The van der Waals surface area contributed by atoms with Crippen LogP contribution >= 0.6 is 0 Å². The van der Waals surface area contributed by atoms with Gasteiger partial charge in [0.15, 0.2) is 0 Å². The summed E-state index contributed by atoms with van der Waals surface area (Å²) >= 11 is 0. The number of hydrogen-bond acceptors (Lipinski definition) is 4. The van der Waals surface area contributed by atoms with E-state index in [1.807, 2.05) is 27.7 Å². The molecule has 2 unspecified atom stereocenters. The molecule has 1 aliphatic rings. The largest absolute Gasteiger partial charge is 0.370 e. The zero-order chi connectivity index (χ0) is 13.1. The van der Waals surface area contributed by atoms with Crippen LogP contribution in [0.3, 0.4) is 0 Å². The van der Waals surface area contributed by atoms with E-state index in [4.69, 9.17) is 15.2 Å². The number of hydrogen-bond donors (Lipinski definition) is 1. The van der Waals surface area contributed by atoms with Gasteiger partial charge in [0.25, 0.3) is 0 Å². The molecule has 1 aliphatic heterocycles.